The number of halogens is 2. The summed E-state index contributed by atoms with van der Waals surface area (Å²) < 4.78 is 28.4. The number of aromatic nitrogens is 1. The topological polar surface area (TPSA) is 48.1 Å². The van der Waals surface area contributed by atoms with E-state index in [1.54, 1.807) is 12.1 Å². The van der Waals surface area contributed by atoms with Gasteiger partial charge < -0.3 is 10.5 Å². The van der Waals surface area contributed by atoms with Crippen LogP contribution in [0.15, 0.2) is 18.3 Å². The lowest BCUT2D eigenvalue weighted by Gasteiger charge is -2.07. The number of ether oxygens (including phenoxy) is 1. The van der Waals surface area contributed by atoms with Gasteiger partial charge in [-0.1, -0.05) is 0 Å². The first-order valence-corrected chi connectivity index (χ1v) is 3.79. The summed E-state index contributed by atoms with van der Waals surface area (Å²) in [5.41, 5.74) is 5.82. The number of nitrogens with zero attached hydrogens (tertiary/aromatic N) is 1. The molecule has 3 nitrogen and oxygen atoms in total. The van der Waals surface area contributed by atoms with Crippen LogP contribution in [0.3, 0.4) is 0 Å². The predicted octanol–water partition coefficient (Wildman–Crippen LogP) is 1.18. The molecule has 0 atom stereocenters. The Hall–Kier alpha value is -1.23. The second kappa shape index (κ2) is 4.71. The zero-order chi connectivity index (χ0) is 9.68. The number of nitrogens with two attached hydrogens (primary N) is 1. The molecule has 0 spiro atoms. The van der Waals surface area contributed by atoms with E-state index in [1.165, 1.54) is 6.20 Å². The maximum atomic E-state index is 11.8. The zero-order valence-corrected chi connectivity index (χ0v) is 6.91. The van der Waals surface area contributed by atoms with Crippen LogP contribution in [0.25, 0.3) is 0 Å². The molecule has 0 radical (unpaired) electrons. The van der Waals surface area contributed by atoms with Crippen LogP contribution >= 0.6 is 0 Å². The molecule has 1 aromatic rings. The molecule has 1 heterocycles. The first-order chi connectivity index (χ1) is 6.24. The summed E-state index contributed by atoms with van der Waals surface area (Å²) in [5.74, 6) is 0.324. The number of hydrogen-bond donors (Lipinski definition) is 1. The third kappa shape index (κ3) is 2.95. The molecule has 0 saturated carbocycles. The number of rotatable bonds is 4. The molecule has 2 N–H and O–H groups in total. The lowest BCUT2D eigenvalue weighted by Crippen LogP contribution is -2.10. The fraction of sp³-hybridized carbons (Fsp3) is 0.375. The maximum absolute atomic E-state index is 11.8. The monoisotopic (exact) mass is 188 g/mol. The third-order valence-electron chi connectivity index (χ3n) is 1.41. The summed E-state index contributed by atoms with van der Waals surface area (Å²) in [5, 5.41) is 0. The molecular weight excluding hydrogens is 178 g/mol. The fourth-order valence-electron chi connectivity index (χ4n) is 0.861. The molecule has 72 valence electrons. The molecule has 5 heteroatoms. The molecule has 0 fully saturated rings. The van der Waals surface area contributed by atoms with Crippen LogP contribution in [0, 0.1) is 0 Å². The van der Waals surface area contributed by atoms with Gasteiger partial charge in [-0.25, -0.2) is 8.78 Å². The Kier molecular flexibility index (Phi) is 3.57. The van der Waals surface area contributed by atoms with Gasteiger partial charge in [0.1, 0.15) is 12.4 Å². The average Bonchev–Trinajstić information content (AvgIpc) is 2.15. The van der Waals surface area contributed by atoms with E-state index >= 15 is 0 Å². The molecule has 0 aliphatic heterocycles. The van der Waals surface area contributed by atoms with Gasteiger partial charge in [0, 0.05) is 12.7 Å². The first kappa shape index (κ1) is 9.85. The van der Waals surface area contributed by atoms with Gasteiger partial charge in [-0.15, -0.1) is 0 Å². The SMILES string of the molecule is NCc1ncccc1OCC(F)F. The molecule has 0 amide bonds. The Labute approximate surface area is 74.5 Å². The summed E-state index contributed by atoms with van der Waals surface area (Å²) in [7, 11) is 0. The summed E-state index contributed by atoms with van der Waals surface area (Å²) in [6, 6.07) is 3.18. The first-order valence-electron chi connectivity index (χ1n) is 3.79. The van der Waals surface area contributed by atoms with Crippen LogP contribution in [0.1, 0.15) is 5.69 Å². The van der Waals surface area contributed by atoms with Crippen LogP contribution in [-0.2, 0) is 6.54 Å². The quantitative estimate of drug-likeness (QED) is 0.771. The second-order valence-corrected chi connectivity index (χ2v) is 2.35. The molecule has 0 aliphatic carbocycles. The van der Waals surface area contributed by atoms with Crippen molar-refractivity contribution in [1.29, 1.82) is 0 Å². The van der Waals surface area contributed by atoms with Crippen LogP contribution < -0.4 is 10.5 Å². The Bertz CT molecular complexity index is 268. The zero-order valence-electron chi connectivity index (χ0n) is 6.91. The molecular formula is C8H10F2N2O. The Morgan fingerprint density at radius 2 is 2.31 bits per heavy atom. The lowest BCUT2D eigenvalue weighted by molar-refractivity contribution is 0.0812. The van der Waals surface area contributed by atoms with Crippen LogP contribution in [-0.4, -0.2) is 18.0 Å². The molecule has 0 bridgehead atoms. The molecule has 13 heavy (non-hydrogen) atoms. The largest absolute Gasteiger partial charge is 0.486 e. The summed E-state index contributed by atoms with van der Waals surface area (Å²) in [6.07, 6.45) is -0.942. The number of pyridine rings is 1. The van der Waals surface area contributed by atoms with Gasteiger partial charge in [0.05, 0.1) is 5.69 Å². The molecule has 0 saturated heterocycles. The average molecular weight is 188 g/mol. The minimum absolute atomic E-state index is 0.180. The van der Waals surface area contributed by atoms with Gasteiger partial charge in [0.2, 0.25) is 0 Å². The minimum atomic E-state index is -2.48. The summed E-state index contributed by atoms with van der Waals surface area (Å²) >= 11 is 0. The van der Waals surface area contributed by atoms with Crippen molar-refractivity contribution >= 4 is 0 Å². The standard InChI is InChI=1S/C8H10F2N2O/c9-8(10)5-13-7-2-1-3-12-6(7)4-11/h1-3,8H,4-5,11H2. The van der Waals surface area contributed by atoms with Crippen molar-refractivity contribution in [2.45, 2.75) is 13.0 Å². The van der Waals surface area contributed by atoms with E-state index < -0.39 is 13.0 Å². The number of hydrogen-bond acceptors (Lipinski definition) is 3. The molecule has 1 rings (SSSR count). The van der Waals surface area contributed by atoms with Gasteiger partial charge in [0.15, 0.2) is 0 Å². The third-order valence-corrected chi connectivity index (χ3v) is 1.41. The maximum Gasteiger partial charge on any atom is 0.272 e. The van der Waals surface area contributed by atoms with E-state index in [2.05, 4.69) is 4.98 Å². The smallest absolute Gasteiger partial charge is 0.272 e. The van der Waals surface area contributed by atoms with Crippen LogP contribution in [0.5, 0.6) is 5.75 Å². The highest BCUT2D eigenvalue weighted by atomic mass is 19.3. The van der Waals surface area contributed by atoms with Crippen molar-refractivity contribution in [3.05, 3.63) is 24.0 Å². The van der Waals surface area contributed by atoms with E-state index in [4.69, 9.17) is 10.5 Å². The van der Waals surface area contributed by atoms with Crippen molar-refractivity contribution in [1.82, 2.24) is 4.98 Å². The highest BCUT2D eigenvalue weighted by molar-refractivity contribution is 5.26. The predicted molar refractivity (Wildman–Crippen MR) is 43.6 cm³/mol. The van der Waals surface area contributed by atoms with Gasteiger partial charge in [-0.05, 0) is 12.1 Å². The van der Waals surface area contributed by atoms with Crippen LogP contribution in [0.2, 0.25) is 0 Å². The fourth-order valence-corrected chi connectivity index (χ4v) is 0.861. The van der Waals surface area contributed by atoms with Gasteiger partial charge >= 0.3 is 0 Å². The van der Waals surface area contributed by atoms with Crippen LogP contribution in [0.4, 0.5) is 8.78 Å². The highest BCUT2D eigenvalue weighted by Gasteiger charge is 2.06. The van der Waals surface area contributed by atoms with E-state index in [-0.39, 0.29) is 6.54 Å². The van der Waals surface area contributed by atoms with E-state index in [1.807, 2.05) is 0 Å². The van der Waals surface area contributed by atoms with E-state index in [0.29, 0.717) is 11.4 Å². The normalized spacial score (nSPS) is 10.5. The van der Waals surface area contributed by atoms with E-state index in [0.717, 1.165) is 0 Å². The lowest BCUT2D eigenvalue weighted by atomic mass is 10.3. The van der Waals surface area contributed by atoms with Gasteiger partial charge in [-0.2, -0.15) is 0 Å². The van der Waals surface area contributed by atoms with E-state index in [9.17, 15) is 8.78 Å². The minimum Gasteiger partial charge on any atom is -0.486 e. The summed E-state index contributed by atoms with van der Waals surface area (Å²) in [4.78, 5) is 3.88. The molecule has 0 aliphatic rings. The molecule has 0 unspecified atom stereocenters. The highest BCUT2D eigenvalue weighted by Crippen LogP contribution is 2.14. The van der Waals surface area contributed by atoms with Crippen molar-refractivity contribution in [3.63, 3.8) is 0 Å². The second-order valence-electron chi connectivity index (χ2n) is 2.35. The van der Waals surface area contributed by atoms with Crippen molar-refractivity contribution in [2.24, 2.45) is 5.73 Å². The number of alkyl halides is 2. The summed E-state index contributed by atoms with van der Waals surface area (Å²) in [6.45, 7) is -0.446. The Morgan fingerprint density at radius 1 is 1.54 bits per heavy atom. The van der Waals surface area contributed by atoms with Crippen molar-refractivity contribution < 1.29 is 13.5 Å². The van der Waals surface area contributed by atoms with Crippen molar-refractivity contribution in [2.75, 3.05) is 6.61 Å². The Morgan fingerprint density at radius 3 is 2.92 bits per heavy atom. The molecule has 1 aromatic heterocycles. The Balaban J connectivity index is 2.64. The van der Waals surface area contributed by atoms with Gasteiger partial charge in [0.25, 0.3) is 6.43 Å². The molecule has 0 aromatic carbocycles. The van der Waals surface area contributed by atoms with Gasteiger partial charge in [-0.3, -0.25) is 4.98 Å². The van der Waals surface area contributed by atoms with Crippen molar-refractivity contribution in [3.8, 4) is 5.75 Å².